The number of esters is 1. The van der Waals surface area contributed by atoms with Gasteiger partial charge >= 0.3 is 11.7 Å². The Morgan fingerprint density at radius 1 is 1.20 bits per heavy atom. The first-order chi connectivity index (χ1) is 13.8. The minimum atomic E-state index is -3.54. The zero-order valence-corrected chi connectivity index (χ0v) is 17.9. The number of benzene rings is 1. The van der Waals surface area contributed by atoms with Gasteiger partial charge in [-0.05, 0) is 24.1 Å². The largest absolute Gasteiger partial charge is 0.454 e. The van der Waals surface area contributed by atoms with E-state index in [4.69, 9.17) is 10.5 Å². The van der Waals surface area contributed by atoms with E-state index in [-0.39, 0.29) is 28.7 Å². The SMILES string of the molecule is CC(C)Cn1c(N)c(C(=O)COC(=O)c2cccc(S(C)(=O)=O)c2)c(=O)n(C)c1=O. The number of sulfone groups is 1. The number of rotatable bonds is 7. The summed E-state index contributed by atoms with van der Waals surface area (Å²) in [6.45, 7) is 3.06. The highest BCUT2D eigenvalue weighted by Gasteiger charge is 2.23. The second-order valence-electron chi connectivity index (χ2n) is 7.21. The minimum Gasteiger partial charge on any atom is -0.454 e. The molecule has 0 fully saturated rings. The molecular weight excluding hydrogens is 414 g/mol. The molecule has 0 unspecified atom stereocenters. The molecule has 0 saturated carbocycles. The van der Waals surface area contributed by atoms with Crippen LogP contribution in [0.2, 0.25) is 0 Å². The number of ketones is 1. The monoisotopic (exact) mass is 437 g/mol. The number of carbonyl (C=O) groups is 2. The standard InChI is InChI=1S/C19H23N3O7S/c1-11(2)9-22-16(20)15(17(24)21(3)19(22)26)14(23)10-29-18(25)12-6-5-7-13(8-12)30(4,27)28/h5-8,11H,9-10,20H2,1-4H3. The Hall–Kier alpha value is -3.21. The van der Waals surface area contributed by atoms with E-state index in [2.05, 4.69) is 0 Å². The van der Waals surface area contributed by atoms with Gasteiger partial charge in [-0.2, -0.15) is 0 Å². The van der Waals surface area contributed by atoms with Crippen molar-refractivity contribution in [2.75, 3.05) is 18.6 Å². The zero-order valence-electron chi connectivity index (χ0n) is 17.0. The number of nitrogens with two attached hydrogens (primary N) is 1. The summed E-state index contributed by atoms with van der Waals surface area (Å²) in [6.07, 6.45) is 0.992. The van der Waals surface area contributed by atoms with Gasteiger partial charge in [0, 0.05) is 19.8 Å². The molecule has 0 saturated heterocycles. The van der Waals surface area contributed by atoms with E-state index >= 15 is 0 Å². The summed E-state index contributed by atoms with van der Waals surface area (Å²) in [4.78, 5) is 49.4. The van der Waals surface area contributed by atoms with Crippen molar-refractivity contribution >= 4 is 27.4 Å². The molecular formula is C19H23N3O7S. The molecule has 0 aliphatic rings. The van der Waals surface area contributed by atoms with E-state index in [1.54, 1.807) is 0 Å². The molecule has 0 aliphatic carbocycles. The Bertz CT molecular complexity index is 1220. The average molecular weight is 437 g/mol. The average Bonchev–Trinajstić information content (AvgIpc) is 2.67. The van der Waals surface area contributed by atoms with Crippen LogP contribution in [0.15, 0.2) is 38.8 Å². The maximum Gasteiger partial charge on any atom is 0.338 e. The highest BCUT2D eigenvalue weighted by atomic mass is 32.2. The fourth-order valence-corrected chi connectivity index (χ4v) is 3.39. The van der Waals surface area contributed by atoms with Gasteiger partial charge in [0.25, 0.3) is 5.56 Å². The highest BCUT2D eigenvalue weighted by Crippen LogP contribution is 2.13. The first-order valence-electron chi connectivity index (χ1n) is 8.94. The van der Waals surface area contributed by atoms with Gasteiger partial charge in [-0.1, -0.05) is 19.9 Å². The quantitative estimate of drug-likeness (QED) is 0.478. The Morgan fingerprint density at radius 3 is 2.40 bits per heavy atom. The van der Waals surface area contributed by atoms with Crippen LogP contribution >= 0.6 is 0 Å². The Balaban J connectivity index is 2.31. The third-order valence-electron chi connectivity index (χ3n) is 4.24. The molecule has 0 aliphatic heterocycles. The maximum absolute atomic E-state index is 12.6. The summed E-state index contributed by atoms with van der Waals surface area (Å²) in [5.41, 5.74) is 3.84. The maximum atomic E-state index is 12.6. The van der Waals surface area contributed by atoms with Crippen molar-refractivity contribution in [2.45, 2.75) is 25.3 Å². The molecule has 2 aromatic rings. The van der Waals surface area contributed by atoms with Gasteiger partial charge in [0.2, 0.25) is 5.78 Å². The van der Waals surface area contributed by atoms with Crippen molar-refractivity contribution in [3.63, 3.8) is 0 Å². The molecule has 0 spiro atoms. The lowest BCUT2D eigenvalue weighted by Gasteiger charge is -2.16. The van der Waals surface area contributed by atoms with Crippen LogP contribution in [-0.4, -0.2) is 42.2 Å². The number of aromatic nitrogens is 2. The Kier molecular flexibility index (Phi) is 6.66. The van der Waals surface area contributed by atoms with E-state index in [9.17, 15) is 27.6 Å². The van der Waals surface area contributed by atoms with Crippen molar-refractivity contribution in [2.24, 2.45) is 13.0 Å². The van der Waals surface area contributed by atoms with Crippen LogP contribution in [0.25, 0.3) is 0 Å². The van der Waals surface area contributed by atoms with Gasteiger partial charge in [0.1, 0.15) is 11.4 Å². The summed E-state index contributed by atoms with van der Waals surface area (Å²) in [6, 6.07) is 5.14. The van der Waals surface area contributed by atoms with Crippen LogP contribution in [0.3, 0.4) is 0 Å². The molecule has 10 nitrogen and oxygen atoms in total. The Morgan fingerprint density at radius 2 is 1.83 bits per heavy atom. The van der Waals surface area contributed by atoms with E-state index in [0.29, 0.717) is 0 Å². The summed E-state index contributed by atoms with van der Waals surface area (Å²) in [7, 11) is -2.31. The number of ether oxygens (including phenoxy) is 1. The smallest absolute Gasteiger partial charge is 0.338 e. The highest BCUT2D eigenvalue weighted by molar-refractivity contribution is 7.90. The lowest BCUT2D eigenvalue weighted by Crippen LogP contribution is -2.43. The van der Waals surface area contributed by atoms with Crippen molar-refractivity contribution in [1.29, 1.82) is 0 Å². The first kappa shape index (κ1) is 23.1. The molecule has 11 heteroatoms. The van der Waals surface area contributed by atoms with Crippen molar-refractivity contribution in [3.8, 4) is 0 Å². The third-order valence-corrected chi connectivity index (χ3v) is 5.35. The van der Waals surface area contributed by atoms with Crippen LogP contribution in [0.4, 0.5) is 5.82 Å². The third kappa shape index (κ3) is 4.85. The first-order valence-corrected chi connectivity index (χ1v) is 10.8. The van der Waals surface area contributed by atoms with Gasteiger partial charge in [0.05, 0.1) is 10.5 Å². The van der Waals surface area contributed by atoms with Gasteiger partial charge in [-0.3, -0.25) is 18.7 Å². The zero-order chi connectivity index (χ0) is 22.8. The van der Waals surface area contributed by atoms with E-state index in [0.717, 1.165) is 21.5 Å². The fraction of sp³-hybridized carbons (Fsp3) is 0.368. The number of hydrogen-bond acceptors (Lipinski definition) is 8. The van der Waals surface area contributed by atoms with Gasteiger partial charge in [-0.25, -0.2) is 18.0 Å². The molecule has 0 bridgehead atoms. The summed E-state index contributed by atoms with van der Waals surface area (Å²) in [5, 5.41) is 0. The van der Waals surface area contributed by atoms with Crippen LogP contribution < -0.4 is 17.0 Å². The van der Waals surface area contributed by atoms with E-state index in [1.807, 2.05) is 13.8 Å². The number of anilines is 1. The molecule has 0 atom stereocenters. The number of nitrogen functional groups attached to an aromatic ring is 1. The molecule has 2 N–H and O–H groups in total. The molecule has 162 valence electrons. The fourth-order valence-electron chi connectivity index (χ4n) is 2.73. The number of Topliss-reactive ketones (excluding diaryl/α,β-unsaturated/α-hetero) is 1. The lowest BCUT2D eigenvalue weighted by molar-refractivity contribution is 0.0474. The van der Waals surface area contributed by atoms with Gasteiger partial charge in [-0.15, -0.1) is 0 Å². The summed E-state index contributed by atoms with van der Waals surface area (Å²) in [5.74, 6) is -2.10. The normalized spacial score (nSPS) is 11.5. The summed E-state index contributed by atoms with van der Waals surface area (Å²) < 4.78 is 30.1. The lowest BCUT2D eigenvalue weighted by atomic mass is 10.1. The van der Waals surface area contributed by atoms with Crippen molar-refractivity contribution in [3.05, 3.63) is 56.2 Å². The van der Waals surface area contributed by atoms with Crippen molar-refractivity contribution in [1.82, 2.24) is 9.13 Å². The van der Waals surface area contributed by atoms with Gasteiger partial charge in [0.15, 0.2) is 16.4 Å². The predicted octanol–water partition coefficient (Wildman–Crippen LogP) is 0.228. The van der Waals surface area contributed by atoms with Crippen LogP contribution in [-0.2, 0) is 28.2 Å². The Labute approximate surface area is 172 Å². The second-order valence-corrected chi connectivity index (χ2v) is 9.23. The molecule has 30 heavy (non-hydrogen) atoms. The van der Waals surface area contributed by atoms with Gasteiger partial charge < -0.3 is 10.5 Å². The molecule has 1 aromatic carbocycles. The molecule has 0 amide bonds. The number of hydrogen-bond donors (Lipinski definition) is 1. The topological polar surface area (TPSA) is 148 Å². The molecule has 1 heterocycles. The van der Waals surface area contributed by atoms with E-state index in [1.165, 1.54) is 25.2 Å². The molecule has 1 aromatic heterocycles. The molecule has 0 radical (unpaired) electrons. The number of carbonyl (C=O) groups excluding carboxylic acids is 2. The van der Waals surface area contributed by atoms with Crippen molar-refractivity contribution < 1.29 is 22.7 Å². The van der Waals surface area contributed by atoms with E-state index < -0.39 is 45.0 Å². The minimum absolute atomic E-state index is 0.0189. The van der Waals surface area contributed by atoms with Crippen LogP contribution in [0, 0.1) is 5.92 Å². The molecule has 2 rings (SSSR count). The second kappa shape index (κ2) is 8.66. The van der Waals surface area contributed by atoms with Crippen LogP contribution in [0.1, 0.15) is 34.6 Å². The number of nitrogens with zero attached hydrogens (tertiary/aromatic N) is 2. The van der Waals surface area contributed by atoms with Crippen LogP contribution in [0.5, 0.6) is 0 Å². The predicted molar refractivity (Wildman–Crippen MR) is 109 cm³/mol. The summed E-state index contributed by atoms with van der Waals surface area (Å²) >= 11 is 0.